The monoisotopic (exact) mass is 236 g/mol. The first-order valence-corrected chi connectivity index (χ1v) is 5.75. The number of aromatic nitrogens is 2. The lowest BCUT2D eigenvalue weighted by Crippen LogP contribution is -1.82. The van der Waals surface area contributed by atoms with E-state index in [0.29, 0.717) is 5.56 Å². The van der Waals surface area contributed by atoms with Crippen LogP contribution in [0.2, 0.25) is 0 Å². The van der Waals surface area contributed by atoms with Gasteiger partial charge in [0, 0.05) is 5.56 Å². The van der Waals surface area contributed by atoms with Crippen molar-refractivity contribution in [1.29, 1.82) is 5.26 Å². The topological polar surface area (TPSA) is 49.6 Å². The molecule has 3 aromatic rings. The van der Waals surface area contributed by atoms with Crippen molar-refractivity contribution >= 4 is 22.8 Å². The summed E-state index contributed by atoms with van der Waals surface area (Å²) < 4.78 is 8.47. The van der Waals surface area contributed by atoms with E-state index in [1.165, 1.54) is 11.7 Å². The second-order valence-electron chi connectivity index (χ2n) is 3.54. The van der Waals surface area contributed by atoms with E-state index in [4.69, 9.17) is 5.26 Å². The van der Waals surface area contributed by atoms with Gasteiger partial charge in [-0.25, -0.2) is 0 Å². The van der Waals surface area contributed by atoms with Crippen molar-refractivity contribution in [2.75, 3.05) is 0 Å². The van der Waals surface area contributed by atoms with Gasteiger partial charge in [-0.1, -0.05) is 18.2 Å². The zero-order valence-corrected chi connectivity index (χ0v) is 9.53. The van der Waals surface area contributed by atoms with Gasteiger partial charge in [-0.15, -0.1) is 0 Å². The van der Waals surface area contributed by atoms with Crippen LogP contribution in [0.15, 0.2) is 36.4 Å². The molecular weight excluding hydrogens is 230 g/mol. The van der Waals surface area contributed by atoms with E-state index >= 15 is 0 Å². The number of nitrogens with zero attached hydrogens (tertiary/aromatic N) is 3. The third-order valence-electron chi connectivity index (χ3n) is 2.52. The number of hydrogen-bond donors (Lipinski definition) is 0. The van der Waals surface area contributed by atoms with Crippen LogP contribution >= 0.6 is 11.7 Å². The molecule has 0 N–H and O–H groups in total. The van der Waals surface area contributed by atoms with E-state index in [-0.39, 0.29) is 0 Å². The van der Waals surface area contributed by atoms with Gasteiger partial charge in [0.05, 0.1) is 23.4 Å². The molecule has 0 bridgehead atoms. The van der Waals surface area contributed by atoms with Crippen molar-refractivity contribution in [1.82, 2.24) is 8.75 Å². The highest BCUT2D eigenvalue weighted by molar-refractivity contribution is 7.00. The van der Waals surface area contributed by atoms with Gasteiger partial charge in [0.2, 0.25) is 0 Å². The Morgan fingerprint density at radius 3 is 2.71 bits per heavy atom. The van der Waals surface area contributed by atoms with Gasteiger partial charge < -0.3 is 0 Å². The average molecular weight is 236 g/mol. The van der Waals surface area contributed by atoms with E-state index in [2.05, 4.69) is 20.9 Å². The van der Waals surface area contributed by atoms with Crippen LogP contribution in [0.3, 0.4) is 0 Å². The van der Waals surface area contributed by atoms with Crippen molar-refractivity contribution in [2.45, 2.75) is 0 Å². The molecule has 0 fully saturated rings. The average Bonchev–Trinajstić information content (AvgIpc) is 2.87. The van der Waals surface area contributed by atoms with Crippen molar-refractivity contribution in [3.05, 3.63) is 48.0 Å². The number of benzene rings is 2. The highest BCUT2D eigenvalue weighted by Gasteiger charge is 2.07. The van der Waals surface area contributed by atoms with Crippen LogP contribution < -0.4 is 0 Å². The zero-order valence-electron chi connectivity index (χ0n) is 8.71. The second kappa shape index (κ2) is 3.96. The number of rotatable bonds is 1. The fraction of sp³-hybridized carbons (Fsp3) is 0. The van der Waals surface area contributed by atoms with E-state index in [0.717, 1.165) is 22.2 Å². The molecule has 79 valence electrons. The van der Waals surface area contributed by atoms with Crippen LogP contribution in [0.25, 0.3) is 22.2 Å². The summed E-state index contributed by atoms with van der Waals surface area (Å²) in [5.74, 6) is 0. The smallest absolute Gasteiger partial charge is 0.113 e. The molecule has 0 atom stereocenters. The van der Waals surface area contributed by atoms with Crippen LogP contribution in [0.1, 0.15) is 5.56 Å². The van der Waals surface area contributed by atoms with E-state index < -0.39 is 0 Å². The van der Waals surface area contributed by atoms with Crippen molar-refractivity contribution in [2.24, 2.45) is 0 Å². The van der Waals surface area contributed by atoms with Gasteiger partial charge in [0.25, 0.3) is 0 Å². The summed E-state index contributed by atoms with van der Waals surface area (Å²) in [7, 11) is 0. The van der Waals surface area contributed by atoms with Gasteiger partial charge in [-0.05, 0) is 29.8 Å². The summed E-state index contributed by atoms with van der Waals surface area (Å²) in [6.07, 6.45) is 0. The van der Waals surface area contributed by atoms with Gasteiger partial charge in [0.1, 0.15) is 11.0 Å². The standard InChI is InChI=1S/C13H6N3S/c14-8-9-4-6-10(7-5-9)11-2-1-3-12-13(11)16-17-15-12/h1,3-7H. The van der Waals surface area contributed by atoms with Crippen LogP contribution in [0.4, 0.5) is 0 Å². The molecule has 0 aliphatic heterocycles. The molecule has 3 nitrogen and oxygen atoms in total. The minimum atomic E-state index is 0.650. The molecule has 1 aromatic heterocycles. The lowest BCUT2D eigenvalue weighted by molar-refractivity contribution is 1.48. The molecule has 3 rings (SSSR count). The maximum absolute atomic E-state index is 8.76. The first-order chi connectivity index (χ1) is 8.38. The minimum absolute atomic E-state index is 0.650. The SMILES string of the molecule is N#Cc1ccc(-c2[c]ccc3nsnc23)cc1. The third-order valence-corrected chi connectivity index (χ3v) is 3.06. The van der Waals surface area contributed by atoms with Crippen molar-refractivity contribution in [3.63, 3.8) is 0 Å². The summed E-state index contributed by atoms with van der Waals surface area (Å²) in [6, 6.07) is 16.4. The molecule has 4 heteroatoms. The number of nitriles is 1. The first-order valence-electron chi connectivity index (χ1n) is 5.02. The molecule has 1 heterocycles. The van der Waals surface area contributed by atoms with Gasteiger partial charge >= 0.3 is 0 Å². The quantitative estimate of drug-likeness (QED) is 0.652. The zero-order chi connectivity index (χ0) is 11.7. The molecule has 0 spiro atoms. The highest BCUT2D eigenvalue weighted by Crippen LogP contribution is 2.26. The van der Waals surface area contributed by atoms with Crippen molar-refractivity contribution in [3.8, 4) is 17.2 Å². The maximum atomic E-state index is 8.76. The molecule has 0 aliphatic carbocycles. The maximum Gasteiger partial charge on any atom is 0.113 e. The largest absolute Gasteiger partial charge is 0.192 e. The van der Waals surface area contributed by atoms with E-state index in [1.54, 1.807) is 12.1 Å². The summed E-state index contributed by atoms with van der Waals surface area (Å²) >= 11 is 1.20. The lowest BCUT2D eigenvalue weighted by Gasteiger charge is -2.01. The molecule has 0 saturated carbocycles. The van der Waals surface area contributed by atoms with Crippen LogP contribution in [0.5, 0.6) is 0 Å². The molecule has 1 radical (unpaired) electrons. The summed E-state index contributed by atoms with van der Waals surface area (Å²) in [4.78, 5) is 0. The molecular formula is C13H6N3S. The molecule has 2 aromatic carbocycles. The number of fused-ring (bicyclic) bond motifs is 1. The Bertz CT molecular complexity index is 707. The van der Waals surface area contributed by atoms with E-state index in [1.807, 2.05) is 24.3 Å². The minimum Gasteiger partial charge on any atom is -0.192 e. The normalized spacial score (nSPS) is 10.3. The van der Waals surface area contributed by atoms with Crippen LogP contribution in [-0.4, -0.2) is 8.75 Å². The van der Waals surface area contributed by atoms with Crippen molar-refractivity contribution < 1.29 is 0 Å². The third kappa shape index (κ3) is 1.67. The predicted molar refractivity (Wildman–Crippen MR) is 66.4 cm³/mol. The summed E-state index contributed by atoms with van der Waals surface area (Å²) in [5.41, 5.74) is 4.33. The summed E-state index contributed by atoms with van der Waals surface area (Å²) in [6.45, 7) is 0. The molecule has 0 aliphatic rings. The Labute approximate surface area is 102 Å². The second-order valence-corrected chi connectivity index (χ2v) is 4.07. The fourth-order valence-electron chi connectivity index (χ4n) is 1.68. The molecule has 17 heavy (non-hydrogen) atoms. The Kier molecular flexibility index (Phi) is 2.32. The Balaban J connectivity index is 2.20. The van der Waals surface area contributed by atoms with Gasteiger partial charge in [-0.3, -0.25) is 0 Å². The Morgan fingerprint density at radius 2 is 1.94 bits per heavy atom. The van der Waals surface area contributed by atoms with Crippen LogP contribution in [0, 0.1) is 17.4 Å². The lowest BCUT2D eigenvalue weighted by atomic mass is 10.0. The van der Waals surface area contributed by atoms with E-state index in [9.17, 15) is 0 Å². The van der Waals surface area contributed by atoms with Gasteiger partial charge in [0.15, 0.2) is 0 Å². The molecule has 0 amide bonds. The van der Waals surface area contributed by atoms with Crippen LogP contribution in [-0.2, 0) is 0 Å². The molecule has 0 saturated heterocycles. The number of hydrogen-bond acceptors (Lipinski definition) is 4. The summed E-state index contributed by atoms with van der Waals surface area (Å²) in [5, 5.41) is 8.76. The molecule has 0 unspecified atom stereocenters. The Morgan fingerprint density at radius 1 is 1.12 bits per heavy atom. The highest BCUT2D eigenvalue weighted by atomic mass is 32.1. The Hall–Kier alpha value is -2.25. The fourth-order valence-corrected chi connectivity index (χ4v) is 2.22. The predicted octanol–water partition coefficient (Wildman–Crippen LogP) is 3.03. The first kappa shape index (κ1) is 9.94. The van der Waals surface area contributed by atoms with Gasteiger partial charge in [-0.2, -0.15) is 14.0 Å².